The van der Waals surface area contributed by atoms with Gasteiger partial charge in [-0.25, -0.2) is 0 Å². The van der Waals surface area contributed by atoms with Gasteiger partial charge in [-0.2, -0.15) is 0 Å². The Balaban J connectivity index is 2.07. The minimum Gasteiger partial charge on any atom is -0.508 e. The lowest BCUT2D eigenvalue weighted by molar-refractivity contribution is 0.274. The predicted molar refractivity (Wildman–Crippen MR) is 85.2 cm³/mol. The van der Waals surface area contributed by atoms with Gasteiger partial charge in [-0.3, -0.25) is 0 Å². The molecule has 2 aromatic rings. The van der Waals surface area contributed by atoms with Gasteiger partial charge in [0.25, 0.3) is 0 Å². The summed E-state index contributed by atoms with van der Waals surface area (Å²) in [7, 11) is 0. The molecule has 0 aliphatic rings. The maximum Gasteiger partial charge on any atom is 0.120 e. The summed E-state index contributed by atoms with van der Waals surface area (Å²) in [5.74, 6) is 0.321. The fraction of sp³-hybridized carbons (Fsp3) is 0.333. The zero-order valence-corrected chi connectivity index (χ0v) is 12.4. The second kappa shape index (κ2) is 7.81. The standard InChI is InChI=1S/C18H23NO2/c1-14-9-10-18(21)16(12-14)13-19-17(8-5-11-20)15-6-3-2-4-7-15/h2-4,6-7,9-10,12,17,19-21H,5,8,11,13H2,1H3. The quantitative estimate of drug-likeness (QED) is 0.731. The van der Waals surface area contributed by atoms with Crippen LogP contribution in [0.5, 0.6) is 5.75 Å². The second-order valence-corrected chi connectivity index (χ2v) is 5.34. The van der Waals surface area contributed by atoms with Crippen molar-refractivity contribution in [3.8, 4) is 5.75 Å². The minimum atomic E-state index is 0.179. The third-order valence-corrected chi connectivity index (χ3v) is 3.63. The zero-order chi connectivity index (χ0) is 15.1. The summed E-state index contributed by atoms with van der Waals surface area (Å²) in [4.78, 5) is 0. The molecule has 0 aromatic heterocycles. The highest BCUT2D eigenvalue weighted by atomic mass is 16.3. The largest absolute Gasteiger partial charge is 0.508 e. The fourth-order valence-electron chi connectivity index (χ4n) is 2.46. The van der Waals surface area contributed by atoms with Crippen LogP contribution in [-0.2, 0) is 6.54 Å². The molecule has 0 fully saturated rings. The minimum absolute atomic E-state index is 0.179. The zero-order valence-electron chi connectivity index (χ0n) is 12.4. The van der Waals surface area contributed by atoms with Crippen LogP contribution in [-0.4, -0.2) is 16.8 Å². The van der Waals surface area contributed by atoms with E-state index in [4.69, 9.17) is 5.11 Å². The molecule has 0 spiro atoms. The van der Waals surface area contributed by atoms with Gasteiger partial charge < -0.3 is 15.5 Å². The predicted octanol–water partition coefficient (Wildman–Crippen LogP) is 3.30. The van der Waals surface area contributed by atoms with E-state index >= 15 is 0 Å². The number of phenols is 1. The van der Waals surface area contributed by atoms with Crippen molar-refractivity contribution in [2.45, 2.75) is 32.4 Å². The number of nitrogens with one attached hydrogen (secondary N) is 1. The molecule has 3 nitrogen and oxygen atoms in total. The summed E-state index contributed by atoms with van der Waals surface area (Å²) in [5.41, 5.74) is 3.24. The topological polar surface area (TPSA) is 52.5 Å². The van der Waals surface area contributed by atoms with Crippen LogP contribution in [0.3, 0.4) is 0 Å². The van der Waals surface area contributed by atoms with E-state index in [1.807, 2.05) is 37.3 Å². The van der Waals surface area contributed by atoms with Crippen LogP contribution in [0.2, 0.25) is 0 Å². The molecule has 0 amide bonds. The number of hydrogen-bond donors (Lipinski definition) is 3. The summed E-state index contributed by atoms with van der Waals surface area (Å²) in [6.07, 6.45) is 1.62. The van der Waals surface area contributed by atoms with Gasteiger partial charge in [-0.05, 0) is 31.4 Å². The van der Waals surface area contributed by atoms with Gasteiger partial charge >= 0.3 is 0 Å². The van der Waals surface area contributed by atoms with E-state index in [2.05, 4.69) is 17.4 Å². The first-order chi connectivity index (χ1) is 10.2. The number of aliphatic hydroxyl groups excluding tert-OH is 1. The first-order valence-corrected chi connectivity index (χ1v) is 7.38. The van der Waals surface area contributed by atoms with E-state index < -0.39 is 0 Å². The highest BCUT2D eigenvalue weighted by molar-refractivity contribution is 5.35. The Morgan fingerprint density at radius 1 is 1.10 bits per heavy atom. The van der Waals surface area contributed by atoms with Crippen LogP contribution < -0.4 is 5.32 Å². The smallest absolute Gasteiger partial charge is 0.120 e. The Morgan fingerprint density at radius 2 is 1.86 bits per heavy atom. The SMILES string of the molecule is Cc1ccc(O)c(CNC(CCCO)c2ccccc2)c1. The van der Waals surface area contributed by atoms with Crippen molar-refractivity contribution in [2.75, 3.05) is 6.61 Å². The summed E-state index contributed by atoms with van der Waals surface area (Å²) in [5, 5.41) is 22.5. The molecule has 0 heterocycles. The lowest BCUT2D eigenvalue weighted by Gasteiger charge is -2.19. The Morgan fingerprint density at radius 3 is 2.57 bits per heavy atom. The Bertz CT molecular complexity index is 554. The Kier molecular flexibility index (Phi) is 5.78. The van der Waals surface area contributed by atoms with Crippen molar-refractivity contribution in [1.82, 2.24) is 5.32 Å². The number of hydrogen-bond acceptors (Lipinski definition) is 3. The number of benzene rings is 2. The van der Waals surface area contributed by atoms with Crippen LogP contribution in [0.25, 0.3) is 0 Å². The van der Waals surface area contributed by atoms with E-state index in [0.29, 0.717) is 12.3 Å². The molecule has 2 aromatic carbocycles. The molecule has 112 valence electrons. The first-order valence-electron chi connectivity index (χ1n) is 7.38. The average Bonchev–Trinajstić information content (AvgIpc) is 2.51. The summed E-state index contributed by atoms with van der Waals surface area (Å²) in [6.45, 7) is 2.82. The number of aromatic hydroxyl groups is 1. The van der Waals surface area contributed by atoms with Crippen molar-refractivity contribution in [1.29, 1.82) is 0 Å². The third-order valence-electron chi connectivity index (χ3n) is 3.63. The monoisotopic (exact) mass is 285 g/mol. The van der Waals surface area contributed by atoms with Crippen LogP contribution >= 0.6 is 0 Å². The molecular weight excluding hydrogens is 262 g/mol. The third kappa shape index (κ3) is 4.59. The van der Waals surface area contributed by atoms with E-state index in [1.165, 1.54) is 5.56 Å². The molecule has 3 heteroatoms. The van der Waals surface area contributed by atoms with E-state index in [9.17, 15) is 5.11 Å². The molecule has 3 N–H and O–H groups in total. The second-order valence-electron chi connectivity index (χ2n) is 5.34. The van der Waals surface area contributed by atoms with E-state index in [0.717, 1.165) is 24.0 Å². The van der Waals surface area contributed by atoms with Crippen molar-refractivity contribution in [3.05, 3.63) is 65.2 Å². The van der Waals surface area contributed by atoms with Crippen LogP contribution in [0.4, 0.5) is 0 Å². The van der Waals surface area contributed by atoms with Crippen molar-refractivity contribution >= 4 is 0 Å². The summed E-state index contributed by atoms with van der Waals surface area (Å²) < 4.78 is 0. The molecule has 0 aliphatic carbocycles. The Hall–Kier alpha value is -1.84. The highest BCUT2D eigenvalue weighted by Crippen LogP contribution is 2.22. The lowest BCUT2D eigenvalue weighted by atomic mass is 10.0. The number of aliphatic hydroxyl groups is 1. The average molecular weight is 285 g/mol. The molecule has 1 unspecified atom stereocenters. The fourth-order valence-corrected chi connectivity index (χ4v) is 2.46. The van der Waals surface area contributed by atoms with E-state index in [-0.39, 0.29) is 12.6 Å². The van der Waals surface area contributed by atoms with Gasteiger partial charge in [-0.15, -0.1) is 0 Å². The van der Waals surface area contributed by atoms with Gasteiger partial charge in [0.15, 0.2) is 0 Å². The normalized spacial score (nSPS) is 12.3. The van der Waals surface area contributed by atoms with Crippen LogP contribution in [0.15, 0.2) is 48.5 Å². The van der Waals surface area contributed by atoms with Crippen LogP contribution in [0, 0.1) is 6.92 Å². The van der Waals surface area contributed by atoms with Crippen LogP contribution in [0.1, 0.15) is 35.6 Å². The van der Waals surface area contributed by atoms with Gasteiger partial charge in [-0.1, -0.05) is 48.0 Å². The maximum atomic E-state index is 9.91. The Labute approximate surface area is 126 Å². The molecular formula is C18H23NO2. The van der Waals surface area contributed by atoms with Crippen molar-refractivity contribution < 1.29 is 10.2 Å². The number of aryl methyl sites for hydroxylation is 1. The molecule has 2 rings (SSSR count). The number of phenolic OH excluding ortho intramolecular Hbond substituents is 1. The van der Waals surface area contributed by atoms with Crippen molar-refractivity contribution in [3.63, 3.8) is 0 Å². The molecule has 1 atom stereocenters. The molecule has 0 saturated heterocycles. The van der Waals surface area contributed by atoms with Gasteiger partial charge in [0.05, 0.1) is 0 Å². The molecule has 21 heavy (non-hydrogen) atoms. The van der Waals surface area contributed by atoms with Gasteiger partial charge in [0, 0.05) is 24.8 Å². The van der Waals surface area contributed by atoms with Gasteiger partial charge in [0.1, 0.15) is 5.75 Å². The molecule has 0 radical (unpaired) electrons. The maximum absolute atomic E-state index is 9.91. The lowest BCUT2D eigenvalue weighted by Crippen LogP contribution is -2.21. The number of rotatable bonds is 7. The van der Waals surface area contributed by atoms with Gasteiger partial charge in [0.2, 0.25) is 0 Å². The first kappa shape index (κ1) is 15.5. The summed E-state index contributed by atoms with van der Waals surface area (Å²) in [6, 6.07) is 16.0. The summed E-state index contributed by atoms with van der Waals surface area (Å²) >= 11 is 0. The molecule has 0 bridgehead atoms. The molecule has 0 aliphatic heterocycles. The molecule has 0 saturated carbocycles. The van der Waals surface area contributed by atoms with Crippen molar-refractivity contribution in [2.24, 2.45) is 0 Å². The van der Waals surface area contributed by atoms with E-state index in [1.54, 1.807) is 6.07 Å². The highest BCUT2D eigenvalue weighted by Gasteiger charge is 2.11.